The summed E-state index contributed by atoms with van der Waals surface area (Å²) in [6.07, 6.45) is 6.01. The van der Waals surface area contributed by atoms with Gasteiger partial charge in [0.1, 0.15) is 5.82 Å². The first-order valence-corrected chi connectivity index (χ1v) is 7.62. The minimum atomic E-state index is -0.199. The number of rotatable bonds is 2. The second-order valence-electron chi connectivity index (χ2n) is 5.87. The molecule has 0 bridgehead atoms. The van der Waals surface area contributed by atoms with Gasteiger partial charge in [0.2, 0.25) is 0 Å². The number of aryl methyl sites for hydroxylation is 1. The molecule has 0 atom stereocenters. The minimum Gasteiger partial charge on any atom is -0.325 e. The molecule has 2 aromatic heterocycles. The fourth-order valence-corrected chi connectivity index (χ4v) is 3.07. The molecule has 6 heteroatoms. The summed E-state index contributed by atoms with van der Waals surface area (Å²) in [4.78, 5) is 16.5. The Balaban J connectivity index is 1.95. The molecule has 23 heavy (non-hydrogen) atoms. The largest absolute Gasteiger partial charge is 0.325 e. The number of aromatic amines is 1. The maximum atomic E-state index is 11.9. The van der Waals surface area contributed by atoms with Crippen molar-refractivity contribution in [1.29, 1.82) is 0 Å². The van der Waals surface area contributed by atoms with E-state index in [0.717, 1.165) is 35.3 Å². The van der Waals surface area contributed by atoms with Gasteiger partial charge >= 0.3 is 0 Å². The van der Waals surface area contributed by atoms with Crippen LogP contribution in [0, 0.1) is 0 Å². The second kappa shape index (κ2) is 5.17. The summed E-state index contributed by atoms with van der Waals surface area (Å²) >= 11 is 0. The molecule has 6 nitrogen and oxygen atoms in total. The van der Waals surface area contributed by atoms with Gasteiger partial charge in [0.05, 0.1) is 23.0 Å². The van der Waals surface area contributed by atoms with Crippen molar-refractivity contribution >= 4 is 17.0 Å². The average molecular weight is 307 g/mol. The molecular formula is C17H17N5O. The molecule has 116 valence electrons. The van der Waals surface area contributed by atoms with E-state index < -0.39 is 0 Å². The van der Waals surface area contributed by atoms with Crippen LogP contribution in [0.15, 0.2) is 34.8 Å². The molecule has 0 radical (unpaired) electrons. The Bertz CT molecular complexity index is 996. The Morgan fingerprint density at radius 3 is 3.00 bits per heavy atom. The lowest BCUT2D eigenvalue weighted by Gasteiger charge is -2.14. The smallest absolute Gasteiger partial charge is 0.272 e. The van der Waals surface area contributed by atoms with Crippen molar-refractivity contribution in [2.75, 3.05) is 0 Å². The number of aromatic nitrogens is 4. The zero-order valence-electron chi connectivity index (χ0n) is 12.8. The number of imidazole rings is 1. The zero-order chi connectivity index (χ0) is 16.0. The summed E-state index contributed by atoms with van der Waals surface area (Å²) in [5, 5.41) is 7.94. The lowest BCUT2D eigenvalue weighted by Crippen LogP contribution is -2.13. The predicted molar refractivity (Wildman–Crippen MR) is 89.7 cm³/mol. The normalized spacial score (nSPS) is 13.9. The van der Waals surface area contributed by atoms with Gasteiger partial charge in [0.25, 0.3) is 5.56 Å². The molecule has 0 saturated heterocycles. The highest BCUT2D eigenvalue weighted by Gasteiger charge is 2.15. The molecule has 0 spiro atoms. The highest BCUT2D eigenvalue weighted by Crippen LogP contribution is 2.28. The number of hydrogen-bond acceptors (Lipinski definition) is 4. The fraction of sp³-hybridized carbons (Fsp3) is 0.235. The maximum Gasteiger partial charge on any atom is 0.272 e. The molecule has 0 unspecified atom stereocenters. The molecule has 3 heterocycles. The number of nitrogens with zero attached hydrogens (tertiary/aromatic N) is 3. The Morgan fingerprint density at radius 2 is 2.17 bits per heavy atom. The summed E-state index contributed by atoms with van der Waals surface area (Å²) in [6, 6.07) is 5.74. The van der Waals surface area contributed by atoms with Crippen LogP contribution in [0.1, 0.15) is 24.9 Å². The first-order chi connectivity index (χ1) is 11.2. The van der Waals surface area contributed by atoms with Crippen molar-refractivity contribution < 1.29 is 0 Å². The predicted octanol–water partition coefficient (Wildman–Crippen LogP) is 2.05. The standard InChI is InChI=1S/C17H17N5O/c1-10-2-5-16-19-8-15(22(16)9-10)11-3-4-12-13(6-11)14(7-18)20-21-17(12)23/h3-4,6,8-9H,2,5,7,18H2,1H3,(H,21,23). The number of allylic oxidation sites excluding steroid dienone is 1. The van der Waals surface area contributed by atoms with Gasteiger partial charge in [-0.15, -0.1) is 0 Å². The molecule has 1 aromatic carbocycles. The van der Waals surface area contributed by atoms with E-state index in [1.807, 2.05) is 24.4 Å². The fourth-order valence-electron chi connectivity index (χ4n) is 3.07. The quantitative estimate of drug-likeness (QED) is 0.758. The van der Waals surface area contributed by atoms with E-state index in [2.05, 4.69) is 32.9 Å². The van der Waals surface area contributed by atoms with Gasteiger partial charge in [0, 0.05) is 30.1 Å². The highest BCUT2D eigenvalue weighted by atomic mass is 16.1. The van der Waals surface area contributed by atoms with Crippen LogP contribution in [-0.4, -0.2) is 19.7 Å². The van der Waals surface area contributed by atoms with Gasteiger partial charge in [-0.2, -0.15) is 5.10 Å². The molecule has 3 N–H and O–H groups in total. The summed E-state index contributed by atoms with van der Waals surface area (Å²) in [5.74, 6) is 1.06. The molecule has 3 aromatic rings. The third-order valence-corrected chi connectivity index (χ3v) is 4.32. The van der Waals surface area contributed by atoms with Crippen LogP contribution in [0.4, 0.5) is 0 Å². The van der Waals surface area contributed by atoms with Gasteiger partial charge in [-0.3, -0.25) is 4.79 Å². The summed E-state index contributed by atoms with van der Waals surface area (Å²) in [7, 11) is 0. The van der Waals surface area contributed by atoms with Crippen molar-refractivity contribution in [1.82, 2.24) is 19.7 Å². The van der Waals surface area contributed by atoms with E-state index in [1.54, 1.807) is 0 Å². The van der Waals surface area contributed by atoms with Crippen LogP contribution in [-0.2, 0) is 13.0 Å². The van der Waals surface area contributed by atoms with Crippen LogP contribution in [0.3, 0.4) is 0 Å². The maximum absolute atomic E-state index is 11.9. The Labute approximate surface area is 132 Å². The third-order valence-electron chi connectivity index (χ3n) is 4.32. The third kappa shape index (κ3) is 2.19. The molecule has 0 fully saturated rings. The van der Waals surface area contributed by atoms with Crippen molar-refractivity contribution in [3.63, 3.8) is 0 Å². The van der Waals surface area contributed by atoms with E-state index in [4.69, 9.17) is 5.73 Å². The SMILES string of the molecule is CC1=Cn2c(-c3ccc4c(=O)[nH]nc(CN)c4c3)cnc2CC1. The molecule has 0 amide bonds. The number of fused-ring (bicyclic) bond motifs is 2. The van der Waals surface area contributed by atoms with Crippen molar-refractivity contribution in [2.24, 2.45) is 5.73 Å². The van der Waals surface area contributed by atoms with E-state index in [-0.39, 0.29) is 12.1 Å². The van der Waals surface area contributed by atoms with Crippen LogP contribution in [0.5, 0.6) is 0 Å². The lowest BCUT2D eigenvalue weighted by molar-refractivity contribution is 0.806. The second-order valence-corrected chi connectivity index (χ2v) is 5.87. The minimum absolute atomic E-state index is 0.199. The van der Waals surface area contributed by atoms with Crippen LogP contribution < -0.4 is 11.3 Å². The number of H-pyrrole nitrogens is 1. The molecule has 4 rings (SSSR count). The van der Waals surface area contributed by atoms with Crippen molar-refractivity contribution in [3.05, 3.63) is 51.8 Å². The van der Waals surface area contributed by atoms with E-state index in [0.29, 0.717) is 11.1 Å². The average Bonchev–Trinajstić information content (AvgIpc) is 2.98. The number of hydrogen-bond donors (Lipinski definition) is 2. The van der Waals surface area contributed by atoms with E-state index in [9.17, 15) is 4.79 Å². The van der Waals surface area contributed by atoms with Crippen LogP contribution in [0.2, 0.25) is 0 Å². The molecule has 0 saturated carbocycles. The monoisotopic (exact) mass is 307 g/mol. The highest BCUT2D eigenvalue weighted by molar-refractivity contribution is 5.88. The van der Waals surface area contributed by atoms with Crippen LogP contribution in [0.25, 0.3) is 28.2 Å². The topological polar surface area (TPSA) is 89.6 Å². The van der Waals surface area contributed by atoms with E-state index >= 15 is 0 Å². The summed E-state index contributed by atoms with van der Waals surface area (Å²) in [6.45, 7) is 2.41. The van der Waals surface area contributed by atoms with Gasteiger partial charge in [-0.1, -0.05) is 11.6 Å². The summed E-state index contributed by atoms with van der Waals surface area (Å²) in [5.41, 5.74) is 9.59. The molecular weight excluding hydrogens is 290 g/mol. The van der Waals surface area contributed by atoms with Crippen molar-refractivity contribution in [3.8, 4) is 11.3 Å². The summed E-state index contributed by atoms with van der Waals surface area (Å²) < 4.78 is 2.13. The first kappa shape index (κ1) is 13.9. The molecule has 1 aliphatic rings. The van der Waals surface area contributed by atoms with Crippen LogP contribution >= 0.6 is 0 Å². The Hall–Kier alpha value is -2.73. The number of nitrogens with one attached hydrogen (secondary N) is 1. The van der Waals surface area contributed by atoms with Gasteiger partial charge in [0.15, 0.2) is 0 Å². The lowest BCUT2D eigenvalue weighted by atomic mass is 10.0. The first-order valence-electron chi connectivity index (χ1n) is 7.62. The Kier molecular flexibility index (Phi) is 3.12. The zero-order valence-corrected chi connectivity index (χ0v) is 12.8. The van der Waals surface area contributed by atoms with E-state index in [1.165, 1.54) is 5.57 Å². The molecule has 0 aliphatic carbocycles. The molecule has 1 aliphatic heterocycles. The van der Waals surface area contributed by atoms with Gasteiger partial charge < -0.3 is 10.3 Å². The Morgan fingerprint density at radius 1 is 1.30 bits per heavy atom. The number of nitrogens with two attached hydrogens (primary N) is 1. The van der Waals surface area contributed by atoms with Crippen molar-refractivity contribution in [2.45, 2.75) is 26.3 Å². The van der Waals surface area contributed by atoms with Gasteiger partial charge in [-0.25, -0.2) is 10.1 Å². The van der Waals surface area contributed by atoms with Gasteiger partial charge in [-0.05, 0) is 25.5 Å². The number of benzene rings is 1.